The first-order valence-corrected chi connectivity index (χ1v) is 9.67. The number of ketones is 1. The number of likely N-dealkylation sites (N-methyl/N-ethyl adjacent to an activating group) is 1. The standard InChI is InChI=1S/C22H26N2O5/c1-14(2)29-16-9-7-15(8-10-16)20(25)18-19(17-6-5-13-28-17)24(12-11-23(3)4)22(27)21(18)26/h5-10,13-14,19,25H,11-12H2,1-4H3/p+1/b20-18+/t19-/m1/s1. The van der Waals surface area contributed by atoms with Gasteiger partial charge in [-0.05, 0) is 50.2 Å². The van der Waals surface area contributed by atoms with Crippen molar-refractivity contribution in [3.8, 4) is 5.75 Å². The molecule has 7 heteroatoms. The largest absolute Gasteiger partial charge is 0.507 e. The molecule has 1 aliphatic heterocycles. The Bertz CT molecular complexity index is 898. The van der Waals surface area contributed by atoms with Crippen LogP contribution in [-0.4, -0.2) is 55.0 Å². The Hall–Kier alpha value is -3.06. The Balaban J connectivity index is 2.02. The van der Waals surface area contributed by atoms with E-state index in [2.05, 4.69) is 0 Å². The monoisotopic (exact) mass is 399 g/mol. The molecule has 2 heterocycles. The molecule has 0 aliphatic carbocycles. The van der Waals surface area contributed by atoms with Crippen molar-refractivity contribution in [3.05, 3.63) is 59.6 Å². The van der Waals surface area contributed by atoms with Crippen LogP contribution in [0.2, 0.25) is 0 Å². The highest BCUT2D eigenvalue weighted by Crippen LogP contribution is 2.39. The van der Waals surface area contributed by atoms with E-state index >= 15 is 0 Å². The highest BCUT2D eigenvalue weighted by Gasteiger charge is 2.47. The molecule has 1 aromatic carbocycles. The summed E-state index contributed by atoms with van der Waals surface area (Å²) in [7, 11) is 3.94. The first-order chi connectivity index (χ1) is 13.8. The third kappa shape index (κ3) is 4.35. The van der Waals surface area contributed by atoms with Crippen LogP contribution in [0.1, 0.15) is 31.2 Å². The van der Waals surface area contributed by atoms with E-state index in [1.165, 1.54) is 11.2 Å². The topological polar surface area (TPSA) is 84.4 Å². The fourth-order valence-corrected chi connectivity index (χ4v) is 3.32. The van der Waals surface area contributed by atoms with Crippen molar-refractivity contribution in [1.82, 2.24) is 4.90 Å². The maximum atomic E-state index is 12.8. The third-order valence-corrected chi connectivity index (χ3v) is 4.70. The van der Waals surface area contributed by atoms with Crippen LogP contribution in [0.4, 0.5) is 0 Å². The fourth-order valence-electron chi connectivity index (χ4n) is 3.32. The van der Waals surface area contributed by atoms with Crippen LogP contribution in [0, 0.1) is 0 Å². The van der Waals surface area contributed by atoms with E-state index in [0.717, 1.165) is 4.90 Å². The second-order valence-corrected chi connectivity index (χ2v) is 7.66. The van der Waals surface area contributed by atoms with E-state index < -0.39 is 17.7 Å². The minimum atomic E-state index is -0.754. The van der Waals surface area contributed by atoms with Gasteiger partial charge in [-0.2, -0.15) is 0 Å². The predicted octanol–water partition coefficient (Wildman–Crippen LogP) is 1.63. The minimum absolute atomic E-state index is 0.0255. The van der Waals surface area contributed by atoms with Crippen LogP contribution in [0.3, 0.4) is 0 Å². The number of hydrogen-bond donors (Lipinski definition) is 2. The van der Waals surface area contributed by atoms with Crippen molar-refractivity contribution < 1.29 is 28.7 Å². The fraction of sp³-hybridized carbons (Fsp3) is 0.364. The van der Waals surface area contributed by atoms with Crippen molar-refractivity contribution >= 4 is 17.4 Å². The van der Waals surface area contributed by atoms with E-state index in [-0.39, 0.29) is 17.4 Å². The van der Waals surface area contributed by atoms with Crippen LogP contribution >= 0.6 is 0 Å². The Kier molecular flexibility index (Phi) is 6.08. The van der Waals surface area contributed by atoms with Gasteiger partial charge in [0.05, 0.1) is 45.1 Å². The van der Waals surface area contributed by atoms with Gasteiger partial charge >= 0.3 is 0 Å². The zero-order chi connectivity index (χ0) is 21.1. The Labute approximate surface area is 170 Å². The Morgan fingerprint density at radius 3 is 2.45 bits per heavy atom. The second-order valence-electron chi connectivity index (χ2n) is 7.66. The SMILES string of the molecule is CC(C)Oc1ccc(/C(O)=C2\C(=O)C(=O)N(CC[NH+](C)C)[C@@H]2c2ccco2)cc1. The van der Waals surface area contributed by atoms with Crippen molar-refractivity contribution in [2.45, 2.75) is 26.0 Å². The van der Waals surface area contributed by atoms with Crippen LogP contribution < -0.4 is 9.64 Å². The van der Waals surface area contributed by atoms with Gasteiger partial charge in [0.2, 0.25) is 0 Å². The molecule has 0 bridgehead atoms. The van der Waals surface area contributed by atoms with E-state index in [1.807, 2.05) is 27.9 Å². The molecule has 2 N–H and O–H groups in total. The first kappa shape index (κ1) is 20.7. The van der Waals surface area contributed by atoms with E-state index in [4.69, 9.17) is 9.15 Å². The van der Waals surface area contributed by atoms with Crippen molar-refractivity contribution in [3.63, 3.8) is 0 Å². The average molecular weight is 399 g/mol. The number of ether oxygens (including phenoxy) is 1. The van der Waals surface area contributed by atoms with Crippen LogP contribution in [0.15, 0.2) is 52.7 Å². The molecule has 0 radical (unpaired) electrons. The van der Waals surface area contributed by atoms with Gasteiger partial charge in [0.15, 0.2) is 0 Å². The molecule has 2 aromatic rings. The predicted molar refractivity (Wildman–Crippen MR) is 108 cm³/mol. The van der Waals surface area contributed by atoms with Gasteiger partial charge in [-0.15, -0.1) is 0 Å². The molecule has 29 heavy (non-hydrogen) atoms. The number of aliphatic hydroxyl groups excluding tert-OH is 1. The van der Waals surface area contributed by atoms with Gasteiger partial charge in [-0.25, -0.2) is 0 Å². The van der Waals surface area contributed by atoms with Gasteiger partial charge in [0.25, 0.3) is 11.7 Å². The number of amides is 1. The molecule has 1 fully saturated rings. The van der Waals surface area contributed by atoms with Gasteiger partial charge in [-0.1, -0.05) is 0 Å². The molecular formula is C22H27N2O5+. The molecule has 3 rings (SSSR count). The highest BCUT2D eigenvalue weighted by molar-refractivity contribution is 6.46. The summed E-state index contributed by atoms with van der Waals surface area (Å²) in [5, 5.41) is 10.9. The van der Waals surface area contributed by atoms with E-state index in [1.54, 1.807) is 36.4 Å². The summed E-state index contributed by atoms with van der Waals surface area (Å²) in [5.41, 5.74) is 0.477. The summed E-state index contributed by atoms with van der Waals surface area (Å²) in [6, 6.07) is 9.44. The number of quaternary nitrogens is 1. The number of hydrogen-bond acceptors (Lipinski definition) is 5. The molecule has 1 atom stereocenters. The molecule has 0 saturated carbocycles. The number of likely N-dealkylation sites (tertiary alicyclic amines) is 1. The van der Waals surface area contributed by atoms with Gasteiger partial charge < -0.3 is 24.1 Å². The van der Waals surface area contributed by atoms with E-state index in [9.17, 15) is 14.7 Å². The summed E-state index contributed by atoms with van der Waals surface area (Å²) in [6.45, 7) is 4.88. The van der Waals surface area contributed by atoms with Crippen molar-refractivity contribution in [2.24, 2.45) is 0 Å². The second kappa shape index (κ2) is 8.53. The molecule has 1 amide bonds. The summed E-state index contributed by atoms with van der Waals surface area (Å²) in [4.78, 5) is 28.1. The van der Waals surface area contributed by atoms with Gasteiger partial charge in [-0.3, -0.25) is 9.59 Å². The number of furan rings is 1. The molecule has 0 spiro atoms. The van der Waals surface area contributed by atoms with Crippen molar-refractivity contribution in [2.75, 3.05) is 27.2 Å². The molecule has 0 unspecified atom stereocenters. The normalized spacial score (nSPS) is 18.8. The molecule has 1 aromatic heterocycles. The lowest BCUT2D eigenvalue weighted by Crippen LogP contribution is -3.06. The Morgan fingerprint density at radius 1 is 1.21 bits per heavy atom. The summed E-state index contributed by atoms with van der Waals surface area (Å²) in [6.07, 6.45) is 1.52. The maximum absolute atomic E-state index is 12.8. The lowest BCUT2D eigenvalue weighted by atomic mass is 9.99. The number of benzene rings is 1. The Morgan fingerprint density at radius 2 is 1.90 bits per heavy atom. The number of nitrogens with zero attached hydrogens (tertiary/aromatic N) is 1. The minimum Gasteiger partial charge on any atom is -0.507 e. The molecule has 1 aliphatic rings. The third-order valence-electron chi connectivity index (χ3n) is 4.70. The maximum Gasteiger partial charge on any atom is 0.295 e. The van der Waals surface area contributed by atoms with Crippen LogP contribution in [-0.2, 0) is 9.59 Å². The number of rotatable bonds is 7. The molecular weight excluding hydrogens is 372 g/mol. The summed E-state index contributed by atoms with van der Waals surface area (Å²) in [5.74, 6) is -0.456. The summed E-state index contributed by atoms with van der Waals surface area (Å²) >= 11 is 0. The molecule has 1 saturated heterocycles. The van der Waals surface area contributed by atoms with Crippen LogP contribution in [0.25, 0.3) is 5.76 Å². The lowest BCUT2D eigenvalue weighted by molar-refractivity contribution is -0.857. The van der Waals surface area contributed by atoms with Crippen molar-refractivity contribution in [1.29, 1.82) is 0 Å². The number of carbonyl (C=O) groups excluding carboxylic acids is 2. The van der Waals surface area contributed by atoms with Gasteiger partial charge in [0.1, 0.15) is 23.3 Å². The first-order valence-electron chi connectivity index (χ1n) is 9.67. The molecule has 7 nitrogen and oxygen atoms in total. The van der Waals surface area contributed by atoms with E-state index in [0.29, 0.717) is 30.2 Å². The highest BCUT2D eigenvalue weighted by atomic mass is 16.5. The number of Topliss-reactive ketones (excluding diaryl/α,β-unsaturated/α-hetero) is 1. The lowest BCUT2D eigenvalue weighted by Gasteiger charge is -2.23. The number of aliphatic hydroxyl groups is 1. The van der Waals surface area contributed by atoms with Crippen LogP contribution in [0.5, 0.6) is 5.75 Å². The number of carbonyl (C=O) groups is 2. The average Bonchev–Trinajstić information content (AvgIpc) is 3.27. The smallest absolute Gasteiger partial charge is 0.295 e. The summed E-state index contributed by atoms with van der Waals surface area (Å²) < 4.78 is 11.1. The number of nitrogens with one attached hydrogen (secondary N) is 1. The zero-order valence-corrected chi connectivity index (χ0v) is 17.1. The zero-order valence-electron chi connectivity index (χ0n) is 17.1. The quantitative estimate of drug-likeness (QED) is 0.420. The van der Waals surface area contributed by atoms with Gasteiger partial charge in [0, 0.05) is 5.56 Å². The molecule has 154 valence electrons.